The molecular formula is C26H34F3N3O2S. The SMILES string of the molecule is CCC(=O)c1ccc(C[C@@H](CNC(=O)C[C@H](c2cnc(C)s2)C2(C(C)(F)F)CC2)N(C)C)c(F)c1. The molecule has 35 heavy (non-hydrogen) atoms. The van der Waals surface area contributed by atoms with E-state index in [2.05, 4.69) is 10.3 Å². The highest BCUT2D eigenvalue weighted by Gasteiger charge is 2.64. The summed E-state index contributed by atoms with van der Waals surface area (Å²) in [6, 6.07) is 4.28. The lowest BCUT2D eigenvalue weighted by Gasteiger charge is -2.31. The van der Waals surface area contributed by atoms with Crippen molar-refractivity contribution >= 4 is 23.0 Å². The number of nitrogens with one attached hydrogen (secondary N) is 1. The van der Waals surface area contributed by atoms with Gasteiger partial charge in [-0.3, -0.25) is 9.59 Å². The monoisotopic (exact) mass is 509 g/mol. The lowest BCUT2D eigenvalue weighted by Crippen LogP contribution is -2.43. The molecule has 192 valence electrons. The number of hydrogen-bond donors (Lipinski definition) is 1. The molecule has 9 heteroatoms. The molecule has 0 saturated heterocycles. The van der Waals surface area contributed by atoms with Gasteiger partial charge in [-0.2, -0.15) is 0 Å². The Morgan fingerprint density at radius 3 is 2.46 bits per heavy atom. The number of thiazole rings is 1. The molecule has 0 radical (unpaired) electrons. The number of carbonyl (C=O) groups is 2. The number of nitrogens with zero attached hydrogens (tertiary/aromatic N) is 2. The van der Waals surface area contributed by atoms with Crippen molar-refractivity contribution in [1.29, 1.82) is 0 Å². The number of hydrogen-bond acceptors (Lipinski definition) is 5. The van der Waals surface area contributed by atoms with Gasteiger partial charge in [-0.25, -0.2) is 18.2 Å². The van der Waals surface area contributed by atoms with Crippen LogP contribution in [-0.2, 0) is 11.2 Å². The zero-order valence-corrected chi connectivity index (χ0v) is 21.8. The van der Waals surface area contributed by atoms with E-state index in [0.717, 1.165) is 11.9 Å². The van der Waals surface area contributed by atoms with E-state index in [4.69, 9.17) is 0 Å². The summed E-state index contributed by atoms with van der Waals surface area (Å²) in [6.45, 7) is 4.73. The molecule has 1 aromatic carbocycles. The molecule has 2 atom stereocenters. The van der Waals surface area contributed by atoms with Gasteiger partial charge in [0.1, 0.15) is 5.82 Å². The van der Waals surface area contributed by atoms with Crippen molar-refractivity contribution in [3.05, 3.63) is 51.2 Å². The molecule has 0 unspecified atom stereocenters. The highest BCUT2D eigenvalue weighted by atomic mass is 32.1. The van der Waals surface area contributed by atoms with E-state index in [1.165, 1.54) is 17.4 Å². The van der Waals surface area contributed by atoms with Gasteiger partial charge in [0.15, 0.2) is 5.78 Å². The van der Waals surface area contributed by atoms with Crippen LogP contribution in [-0.4, -0.2) is 54.2 Å². The highest BCUT2D eigenvalue weighted by molar-refractivity contribution is 7.11. The molecular weight excluding hydrogens is 475 g/mol. The summed E-state index contributed by atoms with van der Waals surface area (Å²) in [6.07, 6.45) is 2.95. The second-order valence-corrected chi connectivity index (χ2v) is 11.1. The van der Waals surface area contributed by atoms with E-state index in [1.54, 1.807) is 25.3 Å². The Hall–Kier alpha value is -2.26. The first-order chi connectivity index (χ1) is 16.4. The van der Waals surface area contributed by atoms with Crippen LogP contribution in [0.25, 0.3) is 0 Å². The maximum Gasteiger partial charge on any atom is 0.251 e. The van der Waals surface area contributed by atoms with E-state index in [0.29, 0.717) is 41.7 Å². The Bertz CT molecular complexity index is 1060. The van der Waals surface area contributed by atoms with Crippen LogP contribution < -0.4 is 5.32 Å². The Kier molecular flexibility index (Phi) is 8.42. The van der Waals surface area contributed by atoms with Crippen molar-refractivity contribution < 1.29 is 22.8 Å². The maximum absolute atomic E-state index is 14.6. The lowest BCUT2D eigenvalue weighted by molar-refractivity contribution is -0.123. The van der Waals surface area contributed by atoms with E-state index >= 15 is 0 Å². The number of alkyl halides is 2. The van der Waals surface area contributed by atoms with Crippen molar-refractivity contribution in [3.63, 3.8) is 0 Å². The van der Waals surface area contributed by atoms with E-state index in [9.17, 15) is 22.8 Å². The molecule has 0 spiro atoms. The van der Waals surface area contributed by atoms with Crippen molar-refractivity contribution in [2.45, 2.75) is 70.8 Å². The molecule has 3 rings (SSSR count). The van der Waals surface area contributed by atoms with Gasteiger partial charge in [-0.15, -0.1) is 11.3 Å². The zero-order chi connectivity index (χ0) is 26.0. The topological polar surface area (TPSA) is 62.3 Å². The smallest absolute Gasteiger partial charge is 0.251 e. The van der Waals surface area contributed by atoms with Crippen LogP contribution in [0.1, 0.15) is 71.3 Å². The van der Waals surface area contributed by atoms with Crippen molar-refractivity contribution in [1.82, 2.24) is 15.2 Å². The summed E-state index contributed by atoms with van der Waals surface area (Å²) < 4.78 is 43.7. The van der Waals surface area contributed by atoms with Crippen LogP contribution in [0.5, 0.6) is 0 Å². The van der Waals surface area contributed by atoms with Gasteiger partial charge < -0.3 is 10.2 Å². The van der Waals surface area contributed by atoms with Crippen LogP contribution in [0.4, 0.5) is 13.2 Å². The fourth-order valence-corrected chi connectivity index (χ4v) is 5.61. The van der Waals surface area contributed by atoms with Crippen molar-refractivity contribution in [3.8, 4) is 0 Å². The molecule has 0 bridgehead atoms. The van der Waals surface area contributed by atoms with Gasteiger partial charge in [-0.1, -0.05) is 19.1 Å². The Morgan fingerprint density at radius 2 is 1.97 bits per heavy atom. The zero-order valence-electron chi connectivity index (χ0n) is 21.0. The van der Waals surface area contributed by atoms with Gasteiger partial charge in [0.2, 0.25) is 5.91 Å². The van der Waals surface area contributed by atoms with Crippen LogP contribution in [0.3, 0.4) is 0 Å². The van der Waals surface area contributed by atoms with E-state index < -0.39 is 23.1 Å². The average Bonchev–Trinajstić information content (AvgIpc) is 3.50. The molecule has 1 aromatic heterocycles. The fourth-order valence-electron chi connectivity index (χ4n) is 4.61. The number of aryl methyl sites for hydroxylation is 1. The second kappa shape index (κ2) is 10.8. The van der Waals surface area contributed by atoms with E-state index in [1.807, 2.05) is 25.9 Å². The summed E-state index contributed by atoms with van der Waals surface area (Å²) in [5.41, 5.74) is -0.425. The minimum absolute atomic E-state index is 0.0482. The van der Waals surface area contributed by atoms with Gasteiger partial charge in [0, 0.05) is 53.4 Å². The normalized spacial score (nSPS) is 16.7. The minimum atomic E-state index is -2.90. The first kappa shape index (κ1) is 27.3. The molecule has 1 aliphatic rings. The summed E-state index contributed by atoms with van der Waals surface area (Å²) >= 11 is 1.36. The summed E-state index contributed by atoms with van der Waals surface area (Å²) in [5.74, 6) is -4.39. The van der Waals surface area contributed by atoms with Crippen LogP contribution in [0.2, 0.25) is 0 Å². The molecule has 2 aromatic rings. The molecule has 1 fully saturated rings. The van der Waals surface area contributed by atoms with Crippen LogP contribution in [0.15, 0.2) is 24.4 Å². The Morgan fingerprint density at radius 1 is 1.29 bits per heavy atom. The number of ketones is 1. The molecule has 1 amide bonds. The van der Waals surface area contributed by atoms with Crippen LogP contribution in [0, 0.1) is 18.2 Å². The number of likely N-dealkylation sites (N-methyl/N-ethyl adjacent to an activating group) is 1. The average molecular weight is 510 g/mol. The van der Waals surface area contributed by atoms with Crippen molar-refractivity contribution in [2.75, 3.05) is 20.6 Å². The number of benzene rings is 1. The third-order valence-corrected chi connectivity index (χ3v) is 8.15. The highest BCUT2D eigenvalue weighted by Crippen LogP contribution is 2.65. The van der Waals surface area contributed by atoms with Gasteiger partial charge in [-0.05, 0) is 58.8 Å². The predicted molar refractivity (Wildman–Crippen MR) is 132 cm³/mol. The van der Waals surface area contributed by atoms with Crippen LogP contribution >= 0.6 is 11.3 Å². The Balaban J connectivity index is 1.68. The third kappa shape index (κ3) is 6.30. The molecule has 1 aliphatic carbocycles. The first-order valence-corrected chi connectivity index (χ1v) is 12.7. The number of aromatic nitrogens is 1. The number of halogens is 3. The standard InChI is InChI=1S/C26H34F3N3O2S/c1-6-22(33)18-8-7-17(21(27)12-18)11-19(32(4)5)14-31-24(34)13-20(23-15-30-16(2)35-23)26(9-10-26)25(3,28)29/h7-8,12,15,19-20H,6,9-11,13-14H2,1-5H3,(H,31,34)/t19-,20+/m0/s1. The van der Waals surface area contributed by atoms with E-state index in [-0.39, 0.29) is 30.7 Å². The predicted octanol–water partition coefficient (Wildman–Crippen LogP) is 5.38. The summed E-state index contributed by atoms with van der Waals surface area (Å²) in [4.78, 5) is 31.6. The van der Waals surface area contributed by atoms with Crippen molar-refractivity contribution in [2.24, 2.45) is 5.41 Å². The van der Waals surface area contributed by atoms with Gasteiger partial charge in [0.05, 0.1) is 5.01 Å². The molecule has 1 heterocycles. The van der Waals surface area contributed by atoms with Gasteiger partial charge in [0.25, 0.3) is 5.92 Å². The number of carbonyl (C=O) groups excluding carboxylic acids is 2. The summed E-state index contributed by atoms with van der Waals surface area (Å²) in [5, 5.41) is 3.66. The number of rotatable bonds is 12. The summed E-state index contributed by atoms with van der Waals surface area (Å²) in [7, 11) is 3.67. The lowest BCUT2D eigenvalue weighted by atomic mass is 9.80. The minimum Gasteiger partial charge on any atom is -0.355 e. The molecule has 1 N–H and O–H groups in total. The largest absolute Gasteiger partial charge is 0.355 e. The molecule has 5 nitrogen and oxygen atoms in total. The maximum atomic E-state index is 14.6. The molecule has 0 aliphatic heterocycles. The Labute approximate surface area is 209 Å². The first-order valence-electron chi connectivity index (χ1n) is 11.9. The molecule has 1 saturated carbocycles. The quantitative estimate of drug-likeness (QED) is 0.390. The second-order valence-electron chi connectivity index (χ2n) is 9.79. The number of Topliss-reactive ketones (excluding diaryl/α,β-unsaturated/α-hetero) is 1. The fraction of sp³-hybridized carbons (Fsp3) is 0.577. The van der Waals surface area contributed by atoms with Gasteiger partial charge >= 0.3 is 0 Å². The number of amides is 1. The third-order valence-electron chi connectivity index (χ3n) is 7.12.